The third-order valence-corrected chi connectivity index (χ3v) is 5.34. The standard InChI is InChI=1S/C17H17ClN2O5S/c1-11-3-5-13(8-14(11)18)20(26(2,22)23)9-17(21)19-12-4-6-15-16(7-12)25-10-24-15/h3-8H,9-10H2,1-2H3,(H,19,21). The first-order valence-electron chi connectivity index (χ1n) is 7.67. The maximum atomic E-state index is 12.4. The van der Waals surface area contributed by atoms with E-state index in [1.807, 2.05) is 6.92 Å². The molecule has 1 amide bonds. The van der Waals surface area contributed by atoms with E-state index < -0.39 is 15.9 Å². The summed E-state index contributed by atoms with van der Waals surface area (Å²) < 4.78 is 35.7. The fourth-order valence-corrected chi connectivity index (χ4v) is 3.47. The van der Waals surface area contributed by atoms with Crippen LogP contribution in [0.1, 0.15) is 5.56 Å². The minimum atomic E-state index is -3.68. The molecule has 26 heavy (non-hydrogen) atoms. The molecule has 1 N–H and O–H groups in total. The van der Waals surface area contributed by atoms with Crippen LogP contribution in [0, 0.1) is 6.92 Å². The molecule has 2 aromatic rings. The molecule has 138 valence electrons. The molecule has 0 bridgehead atoms. The second kappa shape index (κ2) is 7.05. The molecule has 7 nitrogen and oxygen atoms in total. The molecule has 0 unspecified atom stereocenters. The van der Waals surface area contributed by atoms with Crippen LogP contribution >= 0.6 is 11.6 Å². The first-order chi connectivity index (χ1) is 12.2. The lowest BCUT2D eigenvalue weighted by atomic mass is 10.2. The first-order valence-corrected chi connectivity index (χ1v) is 9.90. The van der Waals surface area contributed by atoms with E-state index in [0.29, 0.717) is 27.9 Å². The SMILES string of the molecule is Cc1ccc(N(CC(=O)Nc2ccc3c(c2)OCO3)S(C)(=O)=O)cc1Cl. The Labute approximate surface area is 156 Å². The van der Waals surface area contributed by atoms with Crippen molar-refractivity contribution in [1.82, 2.24) is 0 Å². The lowest BCUT2D eigenvalue weighted by molar-refractivity contribution is -0.114. The molecule has 1 heterocycles. The molecule has 1 aliphatic rings. The minimum absolute atomic E-state index is 0.128. The predicted octanol–water partition coefficient (Wildman–Crippen LogP) is 2.78. The summed E-state index contributed by atoms with van der Waals surface area (Å²) in [6.07, 6.45) is 1.04. The van der Waals surface area contributed by atoms with Gasteiger partial charge in [0, 0.05) is 16.8 Å². The summed E-state index contributed by atoms with van der Waals surface area (Å²) >= 11 is 6.08. The number of hydrogen-bond acceptors (Lipinski definition) is 5. The van der Waals surface area contributed by atoms with Gasteiger partial charge < -0.3 is 14.8 Å². The molecule has 0 saturated heterocycles. The molecular weight excluding hydrogens is 380 g/mol. The van der Waals surface area contributed by atoms with Gasteiger partial charge in [0.2, 0.25) is 22.7 Å². The molecule has 0 radical (unpaired) electrons. The Bertz CT molecular complexity index is 962. The van der Waals surface area contributed by atoms with Crippen molar-refractivity contribution in [3.63, 3.8) is 0 Å². The molecule has 0 atom stereocenters. The summed E-state index contributed by atoms with van der Waals surface area (Å²) in [4.78, 5) is 12.4. The Kier molecular flexibility index (Phi) is 4.97. The average molecular weight is 397 g/mol. The molecule has 9 heteroatoms. The van der Waals surface area contributed by atoms with Crippen LogP contribution in [0.2, 0.25) is 5.02 Å². The van der Waals surface area contributed by atoms with Crippen molar-refractivity contribution >= 4 is 38.9 Å². The third kappa shape index (κ3) is 4.03. The minimum Gasteiger partial charge on any atom is -0.454 e. The Morgan fingerprint density at radius 1 is 1.19 bits per heavy atom. The van der Waals surface area contributed by atoms with Crippen molar-refractivity contribution in [1.29, 1.82) is 0 Å². The number of carbonyl (C=O) groups excluding carboxylic acids is 1. The topological polar surface area (TPSA) is 84.9 Å². The normalized spacial score (nSPS) is 12.7. The van der Waals surface area contributed by atoms with E-state index >= 15 is 0 Å². The van der Waals surface area contributed by atoms with Crippen LogP contribution in [0.25, 0.3) is 0 Å². The molecule has 0 spiro atoms. The fourth-order valence-electron chi connectivity index (χ4n) is 2.44. The van der Waals surface area contributed by atoms with E-state index in [4.69, 9.17) is 21.1 Å². The summed E-state index contributed by atoms with van der Waals surface area (Å²) in [7, 11) is -3.68. The number of anilines is 2. The van der Waals surface area contributed by atoms with Crippen LogP contribution in [-0.2, 0) is 14.8 Å². The highest BCUT2D eigenvalue weighted by Gasteiger charge is 2.22. The zero-order chi connectivity index (χ0) is 18.9. The van der Waals surface area contributed by atoms with Crippen molar-refractivity contribution in [2.24, 2.45) is 0 Å². The zero-order valence-electron chi connectivity index (χ0n) is 14.2. The number of nitrogens with zero attached hydrogens (tertiary/aromatic N) is 1. The quantitative estimate of drug-likeness (QED) is 0.840. The predicted molar refractivity (Wildman–Crippen MR) is 99.6 cm³/mol. The van der Waals surface area contributed by atoms with Crippen molar-refractivity contribution in [3.8, 4) is 11.5 Å². The lowest BCUT2D eigenvalue weighted by Gasteiger charge is -2.22. The Hall–Kier alpha value is -2.45. The molecule has 2 aromatic carbocycles. The van der Waals surface area contributed by atoms with E-state index in [0.717, 1.165) is 16.1 Å². The highest BCUT2D eigenvalue weighted by atomic mass is 35.5. The van der Waals surface area contributed by atoms with E-state index in [2.05, 4.69) is 5.32 Å². The van der Waals surface area contributed by atoms with Gasteiger partial charge in [0.1, 0.15) is 6.54 Å². The third-order valence-electron chi connectivity index (χ3n) is 3.79. The Morgan fingerprint density at radius 2 is 1.92 bits per heavy atom. The second-order valence-electron chi connectivity index (χ2n) is 5.82. The fraction of sp³-hybridized carbons (Fsp3) is 0.235. The summed E-state index contributed by atoms with van der Waals surface area (Å²) in [6, 6.07) is 9.77. The lowest BCUT2D eigenvalue weighted by Crippen LogP contribution is -2.37. The highest BCUT2D eigenvalue weighted by Crippen LogP contribution is 2.34. The molecule has 0 aromatic heterocycles. The van der Waals surface area contributed by atoms with Crippen LogP contribution in [0.5, 0.6) is 11.5 Å². The van der Waals surface area contributed by atoms with Gasteiger partial charge in [0.15, 0.2) is 11.5 Å². The molecule has 3 rings (SSSR count). The van der Waals surface area contributed by atoms with Crippen molar-refractivity contribution < 1.29 is 22.7 Å². The van der Waals surface area contributed by atoms with Crippen molar-refractivity contribution in [2.75, 3.05) is 29.2 Å². The van der Waals surface area contributed by atoms with Gasteiger partial charge in [-0.05, 0) is 36.8 Å². The van der Waals surface area contributed by atoms with Gasteiger partial charge in [-0.3, -0.25) is 9.10 Å². The number of fused-ring (bicyclic) bond motifs is 1. The number of ether oxygens (including phenoxy) is 2. The van der Waals surface area contributed by atoms with Gasteiger partial charge in [0.25, 0.3) is 0 Å². The number of nitrogens with one attached hydrogen (secondary N) is 1. The monoisotopic (exact) mass is 396 g/mol. The Balaban J connectivity index is 1.78. The van der Waals surface area contributed by atoms with Crippen LogP contribution < -0.4 is 19.1 Å². The van der Waals surface area contributed by atoms with Crippen molar-refractivity contribution in [3.05, 3.63) is 47.0 Å². The van der Waals surface area contributed by atoms with E-state index in [-0.39, 0.29) is 13.3 Å². The Morgan fingerprint density at radius 3 is 2.62 bits per heavy atom. The average Bonchev–Trinajstić information content (AvgIpc) is 3.02. The van der Waals surface area contributed by atoms with Gasteiger partial charge >= 0.3 is 0 Å². The zero-order valence-corrected chi connectivity index (χ0v) is 15.7. The summed E-state index contributed by atoms with van der Waals surface area (Å²) in [6.45, 7) is 1.55. The summed E-state index contributed by atoms with van der Waals surface area (Å²) in [5.41, 5.74) is 1.62. The van der Waals surface area contributed by atoms with Gasteiger partial charge in [0.05, 0.1) is 11.9 Å². The summed E-state index contributed by atoms with van der Waals surface area (Å²) in [5, 5.41) is 3.08. The van der Waals surface area contributed by atoms with E-state index in [1.54, 1.807) is 30.3 Å². The molecule has 0 saturated carbocycles. The number of hydrogen-bond donors (Lipinski definition) is 1. The van der Waals surface area contributed by atoms with Crippen LogP contribution in [0.4, 0.5) is 11.4 Å². The molecule has 0 fully saturated rings. The summed E-state index contributed by atoms with van der Waals surface area (Å²) in [5.74, 6) is 0.620. The van der Waals surface area contributed by atoms with Gasteiger partial charge in [-0.1, -0.05) is 17.7 Å². The maximum Gasteiger partial charge on any atom is 0.245 e. The molecule has 0 aliphatic carbocycles. The molecular formula is C17H17ClN2O5S. The number of sulfonamides is 1. The van der Waals surface area contributed by atoms with Gasteiger partial charge in [-0.2, -0.15) is 0 Å². The van der Waals surface area contributed by atoms with Crippen LogP contribution in [-0.4, -0.2) is 33.9 Å². The number of carbonyl (C=O) groups is 1. The second-order valence-corrected chi connectivity index (χ2v) is 8.13. The number of halogens is 1. The first kappa shape index (κ1) is 18.3. The van der Waals surface area contributed by atoms with Crippen molar-refractivity contribution in [2.45, 2.75) is 6.92 Å². The number of benzene rings is 2. The molecule has 1 aliphatic heterocycles. The van der Waals surface area contributed by atoms with Gasteiger partial charge in [-0.15, -0.1) is 0 Å². The van der Waals surface area contributed by atoms with Crippen LogP contribution in [0.3, 0.4) is 0 Å². The highest BCUT2D eigenvalue weighted by molar-refractivity contribution is 7.92. The van der Waals surface area contributed by atoms with Gasteiger partial charge in [-0.25, -0.2) is 8.42 Å². The largest absolute Gasteiger partial charge is 0.454 e. The van der Waals surface area contributed by atoms with E-state index in [1.165, 1.54) is 6.07 Å². The maximum absolute atomic E-state index is 12.4. The smallest absolute Gasteiger partial charge is 0.245 e. The number of rotatable bonds is 5. The number of amides is 1. The van der Waals surface area contributed by atoms with Crippen LogP contribution in [0.15, 0.2) is 36.4 Å². The number of aryl methyl sites for hydroxylation is 1. The van der Waals surface area contributed by atoms with E-state index in [9.17, 15) is 13.2 Å².